The Bertz CT molecular complexity index is 529. The zero-order valence-corrected chi connectivity index (χ0v) is 13.7. The third-order valence-corrected chi connectivity index (χ3v) is 7.47. The van der Waals surface area contributed by atoms with Crippen molar-refractivity contribution in [1.82, 2.24) is 9.88 Å². The lowest BCUT2D eigenvalue weighted by Crippen LogP contribution is -2.33. The second-order valence-corrected chi connectivity index (χ2v) is 9.61. The van der Waals surface area contributed by atoms with Crippen molar-refractivity contribution in [3.8, 4) is 0 Å². The van der Waals surface area contributed by atoms with E-state index in [1.54, 1.807) is 24.2 Å². The van der Waals surface area contributed by atoms with Gasteiger partial charge in [-0.15, -0.1) is 11.8 Å². The Morgan fingerprint density at radius 3 is 2.70 bits per heavy atom. The summed E-state index contributed by atoms with van der Waals surface area (Å²) in [4.78, 5) is 7.47. The summed E-state index contributed by atoms with van der Waals surface area (Å²) in [7, 11) is -2.96. The van der Waals surface area contributed by atoms with Crippen LogP contribution in [0.5, 0.6) is 0 Å². The van der Waals surface area contributed by atoms with Crippen LogP contribution in [0.4, 0.5) is 0 Å². The summed E-state index contributed by atoms with van der Waals surface area (Å²) in [6, 6.07) is 4.00. The molecule has 0 amide bonds. The fraction of sp³-hybridized carbons (Fsp3) is 0.643. The van der Waals surface area contributed by atoms with E-state index in [2.05, 4.69) is 9.88 Å². The second-order valence-electron chi connectivity index (χ2n) is 5.70. The first-order chi connectivity index (χ1) is 9.41. The van der Waals surface area contributed by atoms with Gasteiger partial charge in [-0.1, -0.05) is 0 Å². The van der Waals surface area contributed by atoms with Crippen LogP contribution in [-0.2, 0) is 9.84 Å². The number of hydrogen-bond acceptors (Lipinski definition) is 5. The molecular formula is C14H22N2O2S2. The smallest absolute Gasteiger partial charge is 0.156 e. The average molecular weight is 314 g/mol. The topological polar surface area (TPSA) is 50.3 Å². The van der Waals surface area contributed by atoms with Crippen molar-refractivity contribution < 1.29 is 8.42 Å². The van der Waals surface area contributed by atoms with E-state index in [1.165, 1.54) is 4.90 Å². The van der Waals surface area contributed by atoms with Gasteiger partial charge >= 0.3 is 0 Å². The number of nitrogens with zero attached hydrogens (tertiary/aromatic N) is 2. The van der Waals surface area contributed by atoms with Crippen LogP contribution in [0.3, 0.4) is 0 Å². The van der Waals surface area contributed by atoms with E-state index < -0.39 is 14.6 Å². The zero-order valence-electron chi connectivity index (χ0n) is 12.1. The molecule has 0 unspecified atom stereocenters. The minimum absolute atomic E-state index is 0.278. The molecule has 0 spiro atoms. The quantitative estimate of drug-likeness (QED) is 0.796. The van der Waals surface area contributed by atoms with Crippen LogP contribution in [0.15, 0.2) is 29.4 Å². The Labute approximate surface area is 125 Å². The molecule has 0 aromatic carbocycles. The monoisotopic (exact) mass is 314 g/mol. The first kappa shape index (κ1) is 15.8. The van der Waals surface area contributed by atoms with Crippen LogP contribution >= 0.6 is 11.8 Å². The second kappa shape index (κ2) is 6.45. The molecule has 0 saturated carbocycles. The predicted octanol–water partition coefficient (Wildman–Crippen LogP) is 2.07. The van der Waals surface area contributed by atoms with Gasteiger partial charge < -0.3 is 4.90 Å². The molecule has 1 fully saturated rings. The molecule has 0 N–H and O–H groups in total. The maximum absolute atomic E-state index is 12.1. The van der Waals surface area contributed by atoms with Crippen molar-refractivity contribution in [2.75, 3.05) is 31.1 Å². The Hall–Kier alpha value is -0.590. The van der Waals surface area contributed by atoms with Crippen molar-refractivity contribution >= 4 is 21.6 Å². The highest BCUT2D eigenvalue weighted by atomic mass is 32.2. The van der Waals surface area contributed by atoms with E-state index in [0.717, 1.165) is 25.3 Å². The zero-order chi connectivity index (χ0) is 14.6. The Balaban J connectivity index is 1.83. The maximum atomic E-state index is 12.1. The molecule has 20 heavy (non-hydrogen) atoms. The van der Waals surface area contributed by atoms with Gasteiger partial charge in [0.1, 0.15) is 0 Å². The molecule has 0 bridgehead atoms. The maximum Gasteiger partial charge on any atom is 0.156 e. The Kier molecular flexibility index (Phi) is 5.09. The lowest BCUT2D eigenvalue weighted by molar-refractivity contribution is 0.301. The first-order valence-corrected chi connectivity index (χ1v) is 9.52. The van der Waals surface area contributed by atoms with E-state index in [0.29, 0.717) is 6.54 Å². The van der Waals surface area contributed by atoms with Gasteiger partial charge in [0.2, 0.25) is 0 Å². The highest BCUT2D eigenvalue weighted by Crippen LogP contribution is 2.25. The largest absolute Gasteiger partial charge is 0.301 e. The molecule has 4 nitrogen and oxygen atoms in total. The summed E-state index contributed by atoms with van der Waals surface area (Å²) in [5, 5.41) is 0. The number of thioether (sulfide) groups is 1. The molecule has 1 aromatic rings. The summed E-state index contributed by atoms with van der Waals surface area (Å²) in [5.41, 5.74) is 0. The van der Waals surface area contributed by atoms with Crippen molar-refractivity contribution in [2.24, 2.45) is 0 Å². The van der Waals surface area contributed by atoms with Crippen molar-refractivity contribution in [3.05, 3.63) is 24.5 Å². The van der Waals surface area contributed by atoms with E-state index in [9.17, 15) is 8.42 Å². The summed E-state index contributed by atoms with van der Waals surface area (Å²) in [6.45, 7) is 6.14. The first-order valence-electron chi connectivity index (χ1n) is 6.88. The van der Waals surface area contributed by atoms with E-state index >= 15 is 0 Å². The highest BCUT2D eigenvalue weighted by Gasteiger charge is 2.36. The summed E-state index contributed by atoms with van der Waals surface area (Å²) in [6.07, 6.45) is 4.31. The number of rotatable bonds is 4. The van der Waals surface area contributed by atoms with Crippen LogP contribution < -0.4 is 0 Å². The molecule has 2 rings (SSSR count). The number of hydrogen-bond donors (Lipinski definition) is 0. The van der Waals surface area contributed by atoms with Crippen LogP contribution in [0.25, 0.3) is 0 Å². The fourth-order valence-corrected chi connectivity index (χ4v) is 4.52. The molecule has 1 aliphatic rings. The van der Waals surface area contributed by atoms with Crippen LogP contribution in [0.2, 0.25) is 0 Å². The number of sulfone groups is 1. The molecule has 1 aromatic heterocycles. The predicted molar refractivity (Wildman–Crippen MR) is 83.9 cm³/mol. The third-order valence-electron chi connectivity index (χ3n) is 3.87. The van der Waals surface area contributed by atoms with Crippen LogP contribution in [-0.4, -0.2) is 54.2 Å². The molecule has 1 aliphatic heterocycles. The fourth-order valence-electron chi connectivity index (χ4n) is 2.17. The van der Waals surface area contributed by atoms with E-state index in [1.807, 2.05) is 26.0 Å². The molecule has 0 atom stereocenters. The van der Waals surface area contributed by atoms with Gasteiger partial charge in [0.15, 0.2) is 9.84 Å². The molecule has 112 valence electrons. The lowest BCUT2D eigenvalue weighted by Gasteiger charge is -2.22. The summed E-state index contributed by atoms with van der Waals surface area (Å²) < 4.78 is 23.7. The van der Waals surface area contributed by atoms with Gasteiger partial charge in [0.25, 0.3) is 0 Å². The van der Waals surface area contributed by atoms with Gasteiger partial charge in [-0.3, -0.25) is 4.98 Å². The third kappa shape index (κ3) is 3.96. The molecule has 2 heterocycles. The average Bonchev–Trinajstić information content (AvgIpc) is 2.51. The molecule has 1 saturated heterocycles. The van der Waals surface area contributed by atoms with Gasteiger partial charge in [-0.25, -0.2) is 8.42 Å². The van der Waals surface area contributed by atoms with Crippen molar-refractivity contribution in [1.29, 1.82) is 0 Å². The SMILES string of the molecule is CC1(C)CCN(CCSc2ccncc2)CCS1(=O)=O. The summed E-state index contributed by atoms with van der Waals surface area (Å²) in [5.74, 6) is 1.25. The van der Waals surface area contributed by atoms with Gasteiger partial charge in [0.05, 0.1) is 10.5 Å². The van der Waals surface area contributed by atoms with Gasteiger partial charge in [-0.2, -0.15) is 0 Å². The molecule has 0 aliphatic carbocycles. The minimum atomic E-state index is -2.96. The Morgan fingerprint density at radius 1 is 1.30 bits per heavy atom. The van der Waals surface area contributed by atoms with Crippen LogP contribution in [0, 0.1) is 0 Å². The van der Waals surface area contributed by atoms with Crippen molar-refractivity contribution in [3.63, 3.8) is 0 Å². The number of aromatic nitrogens is 1. The minimum Gasteiger partial charge on any atom is -0.301 e. The summed E-state index contributed by atoms with van der Waals surface area (Å²) >= 11 is 1.79. The van der Waals surface area contributed by atoms with E-state index in [-0.39, 0.29) is 5.75 Å². The molecular weight excluding hydrogens is 292 g/mol. The molecule has 6 heteroatoms. The Morgan fingerprint density at radius 2 is 2.00 bits per heavy atom. The number of pyridine rings is 1. The van der Waals surface area contributed by atoms with Crippen molar-refractivity contribution in [2.45, 2.75) is 29.9 Å². The standard InChI is InChI=1S/C14H22N2O2S2/c1-14(2)5-8-16(10-12-20(14,17)18)9-11-19-13-3-6-15-7-4-13/h3-4,6-7H,5,8-12H2,1-2H3. The molecule has 0 radical (unpaired) electrons. The van der Waals surface area contributed by atoms with E-state index in [4.69, 9.17) is 0 Å². The van der Waals surface area contributed by atoms with Gasteiger partial charge in [0, 0.05) is 36.1 Å². The highest BCUT2D eigenvalue weighted by molar-refractivity contribution is 7.99. The van der Waals surface area contributed by atoms with Gasteiger partial charge in [-0.05, 0) is 38.9 Å². The van der Waals surface area contributed by atoms with Crippen LogP contribution in [0.1, 0.15) is 20.3 Å². The normalized spacial score (nSPS) is 22.3. The lowest BCUT2D eigenvalue weighted by atomic mass is 10.1.